The quantitative estimate of drug-likeness (QED) is 0.764. The first-order chi connectivity index (χ1) is 11.1. The van der Waals surface area contributed by atoms with Gasteiger partial charge in [0.1, 0.15) is 12.4 Å². The molecule has 2 aromatic rings. The summed E-state index contributed by atoms with van der Waals surface area (Å²) in [6, 6.07) is 13.9. The molecule has 0 aliphatic rings. The van der Waals surface area contributed by atoms with E-state index in [-0.39, 0.29) is 12.6 Å². The zero-order valence-corrected chi connectivity index (χ0v) is 14.4. The summed E-state index contributed by atoms with van der Waals surface area (Å²) in [5.41, 5.74) is 3.38. The molecule has 0 aromatic heterocycles. The molecule has 1 atom stereocenters. The fraction of sp³-hybridized carbons (Fsp3) is 0.368. The van der Waals surface area contributed by atoms with Gasteiger partial charge in [0.05, 0.1) is 6.61 Å². The van der Waals surface area contributed by atoms with Crippen molar-refractivity contribution in [3.8, 4) is 5.75 Å². The third-order valence-corrected chi connectivity index (χ3v) is 4.20. The van der Waals surface area contributed by atoms with Gasteiger partial charge in [-0.05, 0) is 42.7 Å². The van der Waals surface area contributed by atoms with Crippen LogP contribution < -0.4 is 10.1 Å². The summed E-state index contributed by atoms with van der Waals surface area (Å²) >= 11 is 6.11. The maximum Gasteiger partial charge on any atom is 0.124 e. The van der Waals surface area contributed by atoms with Crippen molar-refractivity contribution in [2.45, 2.75) is 39.5 Å². The van der Waals surface area contributed by atoms with Crippen LogP contribution in [0.15, 0.2) is 42.5 Å². The number of halogens is 1. The minimum atomic E-state index is 0.0817. The fourth-order valence-electron chi connectivity index (χ4n) is 2.35. The van der Waals surface area contributed by atoms with Crippen LogP contribution in [0.5, 0.6) is 5.75 Å². The Balaban J connectivity index is 2.07. The number of ether oxygens (including phenoxy) is 1. The summed E-state index contributed by atoms with van der Waals surface area (Å²) in [5.74, 6) is 0.818. The van der Waals surface area contributed by atoms with Crippen LogP contribution in [0.25, 0.3) is 0 Å². The number of rotatable bonds is 8. The second-order valence-corrected chi connectivity index (χ2v) is 6.07. The molecule has 0 radical (unpaired) electrons. The Bertz CT molecular complexity index is 627. The van der Waals surface area contributed by atoms with Crippen molar-refractivity contribution in [3.05, 3.63) is 64.2 Å². The average Bonchev–Trinajstić information content (AvgIpc) is 2.56. The molecule has 2 N–H and O–H groups in total. The van der Waals surface area contributed by atoms with Crippen molar-refractivity contribution >= 4 is 11.6 Å². The van der Waals surface area contributed by atoms with Crippen LogP contribution in [0.2, 0.25) is 5.02 Å². The van der Waals surface area contributed by atoms with E-state index in [1.54, 1.807) is 0 Å². The number of hydrogen-bond donors (Lipinski definition) is 2. The Morgan fingerprint density at radius 2 is 1.96 bits per heavy atom. The van der Waals surface area contributed by atoms with E-state index in [2.05, 4.69) is 24.4 Å². The highest BCUT2D eigenvalue weighted by Gasteiger charge is 2.09. The van der Waals surface area contributed by atoms with Crippen LogP contribution in [0.1, 0.15) is 30.0 Å². The predicted octanol–water partition coefficient (Wildman–Crippen LogP) is 4.09. The Labute approximate surface area is 143 Å². The highest BCUT2D eigenvalue weighted by atomic mass is 35.5. The van der Waals surface area contributed by atoms with E-state index in [0.717, 1.165) is 17.7 Å². The van der Waals surface area contributed by atoms with E-state index in [0.29, 0.717) is 18.2 Å². The first-order valence-corrected chi connectivity index (χ1v) is 8.31. The Hall–Kier alpha value is -1.55. The topological polar surface area (TPSA) is 41.5 Å². The zero-order valence-electron chi connectivity index (χ0n) is 13.7. The second kappa shape index (κ2) is 8.92. The van der Waals surface area contributed by atoms with Gasteiger partial charge in [0, 0.05) is 23.2 Å². The molecule has 0 saturated heterocycles. The van der Waals surface area contributed by atoms with Crippen LogP contribution in [0.4, 0.5) is 0 Å². The molecule has 0 fully saturated rings. The van der Waals surface area contributed by atoms with Crippen LogP contribution in [-0.4, -0.2) is 17.8 Å². The minimum Gasteiger partial charge on any atom is -0.489 e. The number of aliphatic hydroxyl groups excluding tert-OH is 1. The van der Waals surface area contributed by atoms with E-state index in [1.807, 2.05) is 37.3 Å². The maximum atomic E-state index is 9.29. The molecule has 1 unspecified atom stereocenters. The number of aliphatic hydroxyl groups is 1. The van der Waals surface area contributed by atoms with Gasteiger partial charge in [0.2, 0.25) is 0 Å². The molecule has 23 heavy (non-hydrogen) atoms. The standard InChI is InChI=1S/C19H24ClNO2/c1-3-18(12-22)21-11-16-10-17(20)8-9-19(16)23-13-15-7-5-4-6-14(15)2/h4-10,18,21-22H,3,11-13H2,1-2H3. The van der Waals surface area contributed by atoms with Gasteiger partial charge in [-0.1, -0.05) is 42.8 Å². The predicted molar refractivity (Wildman–Crippen MR) is 95.0 cm³/mol. The van der Waals surface area contributed by atoms with Crippen molar-refractivity contribution in [2.24, 2.45) is 0 Å². The highest BCUT2D eigenvalue weighted by molar-refractivity contribution is 6.30. The van der Waals surface area contributed by atoms with Gasteiger partial charge in [-0.25, -0.2) is 0 Å². The third kappa shape index (κ3) is 5.24. The number of nitrogens with one attached hydrogen (secondary N) is 1. The van der Waals surface area contributed by atoms with E-state index in [4.69, 9.17) is 16.3 Å². The van der Waals surface area contributed by atoms with Crippen molar-refractivity contribution in [1.29, 1.82) is 0 Å². The Morgan fingerprint density at radius 3 is 2.65 bits per heavy atom. The summed E-state index contributed by atoms with van der Waals surface area (Å²) in [6.45, 7) is 5.38. The van der Waals surface area contributed by atoms with Crippen LogP contribution in [0.3, 0.4) is 0 Å². The molecule has 0 spiro atoms. The molecule has 3 nitrogen and oxygen atoms in total. The SMILES string of the molecule is CCC(CO)NCc1cc(Cl)ccc1OCc1ccccc1C. The van der Waals surface area contributed by atoms with Crippen molar-refractivity contribution in [3.63, 3.8) is 0 Å². The maximum absolute atomic E-state index is 9.29. The van der Waals surface area contributed by atoms with Crippen LogP contribution >= 0.6 is 11.6 Å². The molecule has 124 valence electrons. The second-order valence-electron chi connectivity index (χ2n) is 5.64. The number of hydrogen-bond acceptors (Lipinski definition) is 3. The first-order valence-electron chi connectivity index (χ1n) is 7.94. The van der Waals surface area contributed by atoms with Crippen molar-refractivity contribution < 1.29 is 9.84 Å². The smallest absolute Gasteiger partial charge is 0.124 e. The third-order valence-electron chi connectivity index (χ3n) is 3.96. The van der Waals surface area contributed by atoms with E-state index in [1.165, 1.54) is 11.1 Å². The number of aryl methyl sites for hydroxylation is 1. The Kier molecular flexibility index (Phi) is 6.90. The molecule has 4 heteroatoms. The van der Waals surface area contributed by atoms with Gasteiger partial charge in [-0.2, -0.15) is 0 Å². The van der Waals surface area contributed by atoms with Crippen molar-refractivity contribution in [1.82, 2.24) is 5.32 Å². The largest absolute Gasteiger partial charge is 0.489 e. The normalized spacial score (nSPS) is 12.2. The highest BCUT2D eigenvalue weighted by Crippen LogP contribution is 2.24. The van der Waals surface area contributed by atoms with Crippen LogP contribution in [-0.2, 0) is 13.2 Å². The van der Waals surface area contributed by atoms with Gasteiger partial charge in [0.15, 0.2) is 0 Å². The van der Waals surface area contributed by atoms with Gasteiger partial charge in [-0.3, -0.25) is 0 Å². The molecular weight excluding hydrogens is 310 g/mol. The van der Waals surface area contributed by atoms with E-state index < -0.39 is 0 Å². The summed E-state index contributed by atoms with van der Waals surface area (Å²) in [5, 5.41) is 13.3. The van der Waals surface area contributed by atoms with Gasteiger partial charge < -0.3 is 15.2 Å². The molecule has 0 aliphatic heterocycles. The Morgan fingerprint density at radius 1 is 1.17 bits per heavy atom. The molecule has 0 amide bonds. The molecule has 0 heterocycles. The molecule has 2 aromatic carbocycles. The molecular formula is C19H24ClNO2. The minimum absolute atomic E-state index is 0.0817. The average molecular weight is 334 g/mol. The lowest BCUT2D eigenvalue weighted by molar-refractivity contribution is 0.237. The van der Waals surface area contributed by atoms with Gasteiger partial charge >= 0.3 is 0 Å². The fourth-order valence-corrected chi connectivity index (χ4v) is 2.54. The summed E-state index contributed by atoms with van der Waals surface area (Å²) < 4.78 is 6.00. The monoisotopic (exact) mass is 333 g/mol. The van der Waals surface area contributed by atoms with Gasteiger partial charge in [0.25, 0.3) is 0 Å². The molecule has 0 saturated carbocycles. The van der Waals surface area contributed by atoms with E-state index in [9.17, 15) is 5.11 Å². The van der Waals surface area contributed by atoms with Crippen molar-refractivity contribution in [2.75, 3.05) is 6.61 Å². The summed E-state index contributed by atoms with van der Waals surface area (Å²) in [4.78, 5) is 0. The lowest BCUT2D eigenvalue weighted by Crippen LogP contribution is -2.31. The summed E-state index contributed by atoms with van der Waals surface area (Å²) in [7, 11) is 0. The first kappa shape index (κ1) is 17.8. The molecule has 0 aliphatic carbocycles. The molecule has 0 bridgehead atoms. The lowest BCUT2D eigenvalue weighted by atomic mass is 10.1. The molecule has 2 rings (SSSR count). The summed E-state index contributed by atoms with van der Waals surface area (Å²) in [6.07, 6.45) is 0.871. The lowest BCUT2D eigenvalue weighted by Gasteiger charge is -2.17. The van der Waals surface area contributed by atoms with Crippen LogP contribution in [0, 0.1) is 6.92 Å². The zero-order chi connectivity index (χ0) is 16.7. The number of benzene rings is 2. The van der Waals surface area contributed by atoms with Gasteiger partial charge in [-0.15, -0.1) is 0 Å². The van der Waals surface area contributed by atoms with E-state index >= 15 is 0 Å².